The van der Waals surface area contributed by atoms with E-state index in [4.69, 9.17) is 10.4 Å². The minimum Gasteiger partial charge on any atom is -0.394 e. The molecule has 0 radical (unpaired) electrons. The van der Waals surface area contributed by atoms with Crippen molar-refractivity contribution in [1.29, 1.82) is 5.26 Å². The highest BCUT2D eigenvalue weighted by Crippen LogP contribution is 1.93. The smallest absolute Gasteiger partial charge is 0.0991 e. The van der Waals surface area contributed by atoms with Gasteiger partial charge in [-0.1, -0.05) is 18.2 Å². The van der Waals surface area contributed by atoms with Gasteiger partial charge in [-0.15, -0.1) is 0 Å². The number of ether oxygens (including phenoxy) is 1. The summed E-state index contributed by atoms with van der Waals surface area (Å²) in [6.07, 6.45) is 0. The van der Waals surface area contributed by atoms with Crippen molar-refractivity contribution in [3.05, 3.63) is 35.9 Å². The van der Waals surface area contributed by atoms with Gasteiger partial charge in [0.2, 0.25) is 0 Å². The van der Waals surface area contributed by atoms with E-state index in [9.17, 15) is 0 Å². The van der Waals surface area contributed by atoms with Crippen LogP contribution in [0.15, 0.2) is 30.3 Å². The standard InChI is InChI=1S/C7H5N.C3H8O2/c8-6-7-4-2-1-3-5-7;1-5-3-2-4/h1-5H;4H,2-3H2,1H3. The Morgan fingerprint density at radius 1 is 1.38 bits per heavy atom. The minimum atomic E-state index is 0.122. The summed E-state index contributed by atoms with van der Waals surface area (Å²) in [5.74, 6) is 0. The van der Waals surface area contributed by atoms with Crippen LogP contribution in [0.25, 0.3) is 0 Å². The van der Waals surface area contributed by atoms with Crippen molar-refractivity contribution in [2.45, 2.75) is 0 Å². The molecule has 3 nitrogen and oxygen atoms in total. The number of hydrogen-bond donors (Lipinski definition) is 1. The van der Waals surface area contributed by atoms with E-state index in [1.54, 1.807) is 19.2 Å². The SMILES string of the molecule is COCCO.N#Cc1ccccc1. The normalized spacial score (nSPS) is 8.08. The lowest BCUT2D eigenvalue weighted by molar-refractivity contribution is 0.135. The zero-order valence-electron chi connectivity index (χ0n) is 7.60. The fourth-order valence-electron chi connectivity index (χ4n) is 0.604. The molecular formula is C10H13NO2. The molecule has 0 saturated carbocycles. The molecule has 0 aromatic heterocycles. The van der Waals surface area contributed by atoms with Gasteiger partial charge in [0.15, 0.2) is 0 Å². The van der Waals surface area contributed by atoms with E-state index in [1.807, 2.05) is 24.3 Å². The van der Waals surface area contributed by atoms with E-state index in [0.717, 1.165) is 0 Å². The molecule has 0 unspecified atom stereocenters. The van der Waals surface area contributed by atoms with Gasteiger partial charge in [0, 0.05) is 7.11 Å². The Kier molecular flexibility index (Phi) is 7.80. The first-order valence-electron chi connectivity index (χ1n) is 3.90. The van der Waals surface area contributed by atoms with E-state index in [1.165, 1.54) is 0 Å². The molecule has 0 fully saturated rings. The van der Waals surface area contributed by atoms with Gasteiger partial charge < -0.3 is 9.84 Å². The molecular weight excluding hydrogens is 166 g/mol. The summed E-state index contributed by atoms with van der Waals surface area (Å²) in [4.78, 5) is 0. The van der Waals surface area contributed by atoms with Crippen LogP contribution in [-0.4, -0.2) is 25.4 Å². The predicted molar refractivity (Wildman–Crippen MR) is 50.1 cm³/mol. The Hall–Kier alpha value is -1.37. The van der Waals surface area contributed by atoms with E-state index in [2.05, 4.69) is 4.74 Å². The molecule has 1 aromatic carbocycles. The molecule has 70 valence electrons. The molecule has 0 bridgehead atoms. The number of aliphatic hydroxyl groups excluding tert-OH is 1. The Labute approximate surface area is 78.2 Å². The van der Waals surface area contributed by atoms with Crippen LogP contribution in [0.3, 0.4) is 0 Å². The summed E-state index contributed by atoms with van der Waals surface area (Å²) in [6, 6.07) is 11.2. The fraction of sp³-hybridized carbons (Fsp3) is 0.300. The Bertz CT molecular complexity index is 239. The van der Waals surface area contributed by atoms with Crippen molar-refractivity contribution in [3.63, 3.8) is 0 Å². The molecule has 0 aliphatic carbocycles. The van der Waals surface area contributed by atoms with Crippen LogP contribution < -0.4 is 0 Å². The molecule has 1 aromatic rings. The number of nitriles is 1. The average molecular weight is 179 g/mol. The lowest BCUT2D eigenvalue weighted by Gasteiger charge is -1.84. The summed E-state index contributed by atoms with van der Waals surface area (Å²) in [5, 5.41) is 16.2. The number of nitrogens with zero attached hydrogens (tertiary/aromatic N) is 1. The van der Waals surface area contributed by atoms with Crippen molar-refractivity contribution in [3.8, 4) is 6.07 Å². The van der Waals surface area contributed by atoms with Crippen LogP contribution in [0.1, 0.15) is 5.56 Å². The maximum atomic E-state index is 8.29. The van der Waals surface area contributed by atoms with Crippen molar-refractivity contribution >= 4 is 0 Å². The second-order valence-electron chi connectivity index (χ2n) is 2.19. The van der Waals surface area contributed by atoms with Gasteiger partial charge in [-0.25, -0.2) is 0 Å². The van der Waals surface area contributed by atoms with Crippen LogP contribution in [0.4, 0.5) is 0 Å². The molecule has 3 heteroatoms. The molecule has 1 N–H and O–H groups in total. The van der Waals surface area contributed by atoms with Crippen molar-refractivity contribution in [1.82, 2.24) is 0 Å². The molecule has 0 aliphatic heterocycles. The van der Waals surface area contributed by atoms with Crippen LogP contribution in [-0.2, 0) is 4.74 Å². The van der Waals surface area contributed by atoms with Gasteiger partial charge in [0.1, 0.15) is 0 Å². The van der Waals surface area contributed by atoms with Gasteiger partial charge in [-0.2, -0.15) is 5.26 Å². The number of hydrogen-bond acceptors (Lipinski definition) is 3. The number of rotatable bonds is 2. The van der Waals surface area contributed by atoms with Crippen LogP contribution in [0.2, 0.25) is 0 Å². The van der Waals surface area contributed by atoms with Gasteiger partial charge in [0.25, 0.3) is 0 Å². The summed E-state index contributed by atoms with van der Waals surface area (Å²) in [5.41, 5.74) is 0.715. The maximum Gasteiger partial charge on any atom is 0.0991 e. The minimum absolute atomic E-state index is 0.122. The first-order chi connectivity index (χ1) is 6.35. The Morgan fingerprint density at radius 3 is 2.23 bits per heavy atom. The average Bonchev–Trinajstić information content (AvgIpc) is 2.21. The second kappa shape index (κ2) is 8.72. The third kappa shape index (κ3) is 7.01. The quantitative estimate of drug-likeness (QED) is 0.741. The molecule has 1 rings (SSSR count). The van der Waals surface area contributed by atoms with Gasteiger partial charge >= 0.3 is 0 Å². The highest BCUT2D eigenvalue weighted by Gasteiger charge is 1.79. The van der Waals surface area contributed by atoms with E-state index < -0.39 is 0 Å². The van der Waals surface area contributed by atoms with Crippen molar-refractivity contribution in [2.24, 2.45) is 0 Å². The molecule has 13 heavy (non-hydrogen) atoms. The highest BCUT2D eigenvalue weighted by atomic mass is 16.5. The zero-order chi connectivity index (χ0) is 9.94. The van der Waals surface area contributed by atoms with Gasteiger partial charge in [-0.05, 0) is 12.1 Å². The first-order valence-corrected chi connectivity index (χ1v) is 3.90. The molecule has 0 saturated heterocycles. The molecule has 0 amide bonds. The third-order valence-electron chi connectivity index (χ3n) is 1.20. The van der Waals surface area contributed by atoms with Crippen LogP contribution >= 0.6 is 0 Å². The van der Waals surface area contributed by atoms with Crippen LogP contribution in [0.5, 0.6) is 0 Å². The first kappa shape index (κ1) is 11.6. The number of benzene rings is 1. The fourth-order valence-corrected chi connectivity index (χ4v) is 0.604. The van der Waals surface area contributed by atoms with E-state index >= 15 is 0 Å². The van der Waals surface area contributed by atoms with E-state index in [-0.39, 0.29) is 6.61 Å². The largest absolute Gasteiger partial charge is 0.394 e. The van der Waals surface area contributed by atoms with Crippen molar-refractivity contribution < 1.29 is 9.84 Å². The molecule has 0 spiro atoms. The molecule has 0 aliphatic rings. The third-order valence-corrected chi connectivity index (χ3v) is 1.20. The number of methoxy groups -OCH3 is 1. The summed E-state index contributed by atoms with van der Waals surface area (Å²) in [6.45, 7) is 0.566. The lowest BCUT2D eigenvalue weighted by Crippen LogP contribution is -1.91. The summed E-state index contributed by atoms with van der Waals surface area (Å²) < 4.78 is 4.44. The molecule has 0 atom stereocenters. The predicted octanol–water partition coefficient (Wildman–Crippen LogP) is 1.18. The molecule has 0 heterocycles. The number of aliphatic hydroxyl groups is 1. The van der Waals surface area contributed by atoms with Crippen LogP contribution in [0, 0.1) is 11.3 Å². The van der Waals surface area contributed by atoms with Crippen molar-refractivity contribution in [2.75, 3.05) is 20.3 Å². The summed E-state index contributed by atoms with van der Waals surface area (Å²) in [7, 11) is 1.55. The zero-order valence-corrected chi connectivity index (χ0v) is 7.60. The monoisotopic (exact) mass is 179 g/mol. The second-order valence-corrected chi connectivity index (χ2v) is 2.19. The topological polar surface area (TPSA) is 53.2 Å². The highest BCUT2D eigenvalue weighted by molar-refractivity contribution is 5.27. The summed E-state index contributed by atoms with van der Waals surface area (Å²) >= 11 is 0. The van der Waals surface area contributed by atoms with E-state index in [0.29, 0.717) is 12.2 Å². The Morgan fingerprint density at radius 2 is 2.00 bits per heavy atom. The maximum absolute atomic E-state index is 8.29. The van der Waals surface area contributed by atoms with Gasteiger partial charge in [0.05, 0.1) is 24.8 Å². The Balaban J connectivity index is 0.000000252. The lowest BCUT2D eigenvalue weighted by atomic mass is 10.2. The van der Waals surface area contributed by atoms with Gasteiger partial charge in [-0.3, -0.25) is 0 Å².